The molecule has 2 rings (SSSR count). The molecule has 3 nitrogen and oxygen atoms in total. The Hall–Kier alpha value is -0.900. The number of nitrogens with two attached hydrogens (primary N) is 1. The zero-order chi connectivity index (χ0) is 12.8. The molecular weight excluding hydrogens is 224 g/mol. The van der Waals surface area contributed by atoms with Gasteiger partial charge in [-0.2, -0.15) is 0 Å². The van der Waals surface area contributed by atoms with E-state index in [1.165, 1.54) is 18.4 Å². The summed E-state index contributed by atoms with van der Waals surface area (Å²) in [5.41, 5.74) is 7.44. The Morgan fingerprint density at radius 2 is 2.17 bits per heavy atom. The van der Waals surface area contributed by atoms with E-state index < -0.39 is 0 Å². The molecule has 1 aromatic carbocycles. The summed E-state index contributed by atoms with van der Waals surface area (Å²) in [5, 5.41) is 0. The first kappa shape index (κ1) is 13.5. The molecule has 1 aromatic rings. The fourth-order valence-corrected chi connectivity index (χ4v) is 2.61. The molecule has 100 valence electrons. The van der Waals surface area contributed by atoms with Crippen LogP contribution in [0, 0.1) is 5.92 Å². The summed E-state index contributed by atoms with van der Waals surface area (Å²) >= 11 is 0. The number of nitrogens with zero attached hydrogens (tertiary/aromatic N) is 1. The van der Waals surface area contributed by atoms with Crippen LogP contribution in [0.4, 0.5) is 0 Å². The van der Waals surface area contributed by atoms with Gasteiger partial charge in [0.15, 0.2) is 0 Å². The van der Waals surface area contributed by atoms with Gasteiger partial charge < -0.3 is 15.4 Å². The Morgan fingerprint density at radius 1 is 1.39 bits per heavy atom. The van der Waals surface area contributed by atoms with Gasteiger partial charge in [-0.1, -0.05) is 30.3 Å². The van der Waals surface area contributed by atoms with Crippen molar-refractivity contribution in [1.82, 2.24) is 4.90 Å². The van der Waals surface area contributed by atoms with Crippen LogP contribution in [0.15, 0.2) is 30.3 Å². The summed E-state index contributed by atoms with van der Waals surface area (Å²) < 4.78 is 5.51. The van der Waals surface area contributed by atoms with E-state index in [-0.39, 0.29) is 6.04 Å². The fourth-order valence-electron chi connectivity index (χ4n) is 2.61. The minimum absolute atomic E-state index is 0.0979. The third-order valence-electron chi connectivity index (χ3n) is 3.56. The molecule has 0 amide bonds. The molecule has 1 saturated heterocycles. The van der Waals surface area contributed by atoms with Crippen molar-refractivity contribution >= 4 is 0 Å². The highest BCUT2D eigenvalue weighted by Gasteiger charge is 2.17. The van der Waals surface area contributed by atoms with Crippen molar-refractivity contribution in [3.05, 3.63) is 35.9 Å². The van der Waals surface area contributed by atoms with E-state index in [0.717, 1.165) is 26.3 Å². The first-order valence-electron chi connectivity index (χ1n) is 6.82. The van der Waals surface area contributed by atoms with Gasteiger partial charge in [0.25, 0.3) is 0 Å². The van der Waals surface area contributed by atoms with Gasteiger partial charge in [0, 0.05) is 25.7 Å². The van der Waals surface area contributed by atoms with Crippen molar-refractivity contribution in [2.75, 3.05) is 33.4 Å². The van der Waals surface area contributed by atoms with Crippen molar-refractivity contribution in [3.63, 3.8) is 0 Å². The monoisotopic (exact) mass is 248 g/mol. The molecule has 1 aliphatic heterocycles. The highest BCUT2D eigenvalue weighted by molar-refractivity contribution is 5.18. The number of likely N-dealkylation sites (N-methyl/N-ethyl adjacent to an activating group) is 1. The second-order valence-corrected chi connectivity index (χ2v) is 5.32. The van der Waals surface area contributed by atoms with Crippen LogP contribution >= 0.6 is 0 Å². The average Bonchev–Trinajstić information content (AvgIpc) is 2.40. The van der Waals surface area contributed by atoms with Crippen LogP contribution < -0.4 is 5.73 Å². The Labute approximate surface area is 110 Å². The Morgan fingerprint density at radius 3 is 2.83 bits per heavy atom. The minimum Gasteiger partial charge on any atom is -0.381 e. The first-order chi connectivity index (χ1) is 8.75. The zero-order valence-corrected chi connectivity index (χ0v) is 11.2. The molecule has 0 spiro atoms. The molecule has 3 heteroatoms. The van der Waals surface area contributed by atoms with Crippen molar-refractivity contribution in [3.8, 4) is 0 Å². The summed E-state index contributed by atoms with van der Waals surface area (Å²) in [6.07, 6.45) is 2.48. The molecule has 1 heterocycles. The van der Waals surface area contributed by atoms with Crippen LogP contribution in [-0.4, -0.2) is 38.3 Å². The molecular formula is C15H24N2O. The fraction of sp³-hybridized carbons (Fsp3) is 0.600. The summed E-state index contributed by atoms with van der Waals surface area (Å²) in [4.78, 5) is 2.33. The quantitative estimate of drug-likeness (QED) is 0.866. The molecule has 2 unspecified atom stereocenters. The second kappa shape index (κ2) is 6.88. The van der Waals surface area contributed by atoms with E-state index in [1.807, 2.05) is 18.2 Å². The third-order valence-corrected chi connectivity index (χ3v) is 3.56. The van der Waals surface area contributed by atoms with Crippen LogP contribution in [0.2, 0.25) is 0 Å². The van der Waals surface area contributed by atoms with E-state index in [0.29, 0.717) is 5.92 Å². The smallest absolute Gasteiger partial charge is 0.0506 e. The number of hydrogen-bond donors (Lipinski definition) is 1. The molecule has 18 heavy (non-hydrogen) atoms. The Kier molecular flexibility index (Phi) is 5.17. The number of rotatable bonds is 5. The van der Waals surface area contributed by atoms with E-state index in [9.17, 15) is 0 Å². The lowest BCUT2D eigenvalue weighted by Crippen LogP contribution is -2.35. The van der Waals surface area contributed by atoms with Crippen molar-refractivity contribution in [2.24, 2.45) is 11.7 Å². The first-order valence-corrected chi connectivity index (χ1v) is 6.82. The van der Waals surface area contributed by atoms with Gasteiger partial charge in [-0.15, -0.1) is 0 Å². The Balaban J connectivity index is 1.78. The lowest BCUT2D eigenvalue weighted by Gasteiger charge is -2.28. The largest absolute Gasteiger partial charge is 0.381 e. The van der Waals surface area contributed by atoms with Gasteiger partial charge in [0.1, 0.15) is 0 Å². The van der Waals surface area contributed by atoms with Crippen LogP contribution in [0.25, 0.3) is 0 Å². The summed E-state index contributed by atoms with van der Waals surface area (Å²) in [5.74, 6) is 0.673. The maximum Gasteiger partial charge on any atom is 0.0506 e. The number of ether oxygens (including phenoxy) is 1. The average molecular weight is 248 g/mol. The molecule has 0 saturated carbocycles. The molecule has 0 aliphatic carbocycles. The minimum atomic E-state index is 0.0979. The highest BCUT2D eigenvalue weighted by Crippen LogP contribution is 2.16. The SMILES string of the molecule is CN(CC1CCCOC1)CC(N)c1ccccc1. The number of hydrogen-bond acceptors (Lipinski definition) is 3. The van der Waals surface area contributed by atoms with Crippen molar-refractivity contribution in [2.45, 2.75) is 18.9 Å². The van der Waals surface area contributed by atoms with Gasteiger partial charge in [0.05, 0.1) is 6.61 Å². The van der Waals surface area contributed by atoms with Crippen molar-refractivity contribution < 1.29 is 4.74 Å². The lowest BCUT2D eigenvalue weighted by atomic mass is 10.0. The van der Waals surface area contributed by atoms with E-state index >= 15 is 0 Å². The van der Waals surface area contributed by atoms with Crippen LogP contribution in [0.5, 0.6) is 0 Å². The van der Waals surface area contributed by atoms with Gasteiger partial charge in [-0.3, -0.25) is 0 Å². The topological polar surface area (TPSA) is 38.5 Å². The summed E-state index contributed by atoms with van der Waals surface area (Å²) in [6.45, 7) is 3.83. The molecule has 0 aromatic heterocycles. The molecule has 1 aliphatic rings. The normalized spacial score (nSPS) is 22.1. The third kappa shape index (κ3) is 4.09. The van der Waals surface area contributed by atoms with Crippen LogP contribution in [-0.2, 0) is 4.74 Å². The lowest BCUT2D eigenvalue weighted by molar-refractivity contribution is 0.0414. The van der Waals surface area contributed by atoms with Crippen LogP contribution in [0.3, 0.4) is 0 Å². The standard InChI is InChI=1S/C15H24N2O/c1-17(10-13-6-5-9-18-12-13)11-15(16)14-7-3-2-4-8-14/h2-4,7-8,13,15H,5-6,9-12,16H2,1H3. The predicted molar refractivity (Wildman–Crippen MR) is 74.4 cm³/mol. The Bertz CT molecular complexity index is 336. The highest BCUT2D eigenvalue weighted by atomic mass is 16.5. The maximum absolute atomic E-state index is 6.23. The molecule has 0 radical (unpaired) electrons. The molecule has 2 N–H and O–H groups in total. The molecule has 2 atom stereocenters. The maximum atomic E-state index is 6.23. The summed E-state index contributed by atoms with van der Waals surface area (Å²) in [7, 11) is 2.15. The van der Waals surface area contributed by atoms with Gasteiger partial charge >= 0.3 is 0 Å². The van der Waals surface area contributed by atoms with E-state index in [4.69, 9.17) is 10.5 Å². The van der Waals surface area contributed by atoms with Gasteiger partial charge in [0.2, 0.25) is 0 Å². The van der Waals surface area contributed by atoms with E-state index in [1.54, 1.807) is 0 Å². The van der Waals surface area contributed by atoms with E-state index in [2.05, 4.69) is 24.1 Å². The number of benzene rings is 1. The summed E-state index contributed by atoms with van der Waals surface area (Å²) in [6, 6.07) is 10.4. The van der Waals surface area contributed by atoms with Gasteiger partial charge in [-0.05, 0) is 31.4 Å². The van der Waals surface area contributed by atoms with Crippen LogP contribution in [0.1, 0.15) is 24.4 Å². The zero-order valence-electron chi connectivity index (χ0n) is 11.2. The van der Waals surface area contributed by atoms with Gasteiger partial charge in [-0.25, -0.2) is 0 Å². The van der Waals surface area contributed by atoms with Crippen molar-refractivity contribution in [1.29, 1.82) is 0 Å². The molecule has 1 fully saturated rings. The predicted octanol–water partition coefficient (Wildman–Crippen LogP) is 2.04. The second-order valence-electron chi connectivity index (χ2n) is 5.32. The molecule has 0 bridgehead atoms.